The molecule has 2 aromatic carbocycles. The summed E-state index contributed by atoms with van der Waals surface area (Å²) in [5.74, 6) is -0.109. The van der Waals surface area contributed by atoms with Gasteiger partial charge in [0.15, 0.2) is 5.16 Å². The van der Waals surface area contributed by atoms with Crippen molar-refractivity contribution in [2.45, 2.75) is 5.16 Å². The number of amides is 1. The fraction of sp³-hybridized carbons (Fsp3) is 0.0625. The van der Waals surface area contributed by atoms with E-state index in [2.05, 4.69) is 15.5 Å². The molecule has 0 fully saturated rings. The number of halogens is 2. The molecule has 128 valence electrons. The Morgan fingerprint density at radius 2 is 1.84 bits per heavy atom. The quantitative estimate of drug-likeness (QED) is 0.460. The maximum atomic E-state index is 12.2. The summed E-state index contributed by atoms with van der Waals surface area (Å²) in [4.78, 5) is 12.2. The second-order valence-electron chi connectivity index (χ2n) is 4.92. The number of benzene rings is 2. The van der Waals surface area contributed by atoms with Gasteiger partial charge in [0, 0.05) is 0 Å². The smallest absolute Gasteiger partial charge is 0.234 e. The maximum absolute atomic E-state index is 12.2. The van der Waals surface area contributed by atoms with Crippen molar-refractivity contribution in [3.63, 3.8) is 0 Å². The van der Waals surface area contributed by atoms with E-state index in [9.17, 15) is 4.79 Å². The summed E-state index contributed by atoms with van der Waals surface area (Å²) in [6.07, 6.45) is 0. The molecule has 0 aliphatic carbocycles. The monoisotopic (exact) mass is 410 g/mol. The van der Waals surface area contributed by atoms with Crippen molar-refractivity contribution in [2.24, 2.45) is 0 Å². The zero-order chi connectivity index (χ0) is 17.8. The SMILES string of the molecule is O=C(CSc1n[nH]c(=S)n1-c1ccccc1)Nc1c(Cl)cccc1Cl. The van der Waals surface area contributed by atoms with Crippen LogP contribution < -0.4 is 5.32 Å². The molecule has 9 heteroatoms. The van der Waals surface area contributed by atoms with Crippen LogP contribution in [-0.2, 0) is 4.79 Å². The first-order valence-electron chi connectivity index (χ1n) is 7.16. The molecule has 0 unspecified atom stereocenters. The fourth-order valence-electron chi connectivity index (χ4n) is 2.11. The topological polar surface area (TPSA) is 62.7 Å². The summed E-state index contributed by atoms with van der Waals surface area (Å²) in [5, 5.41) is 11.0. The van der Waals surface area contributed by atoms with Crippen LogP contribution in [0.25, 0.3) is 5.69 Å². The molecule has 5 nitrogen and oxygen atoms in total. The molecule has 0 bridgehead atoms. The van der Waals surface area contributed by atoms with Crippen LogP contribution >= 0.6 is 47.2 Å². The highest BCUT2D eigenvalue weighted by atomic mass is 35.5. The molecule has 25 heavy (non-hydrogen) atoms. The van der Waals surface area contributed by atoms with Crippen molar-refractivity contribution < 1.29 is 4.79 Å². The van der Waals surface area contributed by atoms with Crippen LogP contribution in [0.15, 0.2) is 53.7 Å². The van der Waals surface area contributed by atoms with Gasteiger partial charge in [-0.25, -0.2) is 0 Å². The Bertz CT molecular complexity index is 936. The average Bonchev–Trinajstić information content (AvgIpc) is 2.98. The molecule has 1 aromatic heterocycles. The van der Waals surface area contributed by atoms with Crippen molar-refractivity contribution in [2.75, 3.05) is 11.1 Å². The third kappa shape index (κ3) is 4.24. The number of para-hydroxylation sites is 2. The van der Waals surface area contributed by atoms with Gasteiger partial charge in [-0.15, -0.1) is 5.10 Å². The van der Waals surface area contributed by atoms with Crippen molar-refractivity contribution in [3.05, 3.63) is 63.3 Å². The van der Waals surface area contributed by atoms with E-state index in [1.165, 1.54) is 11.8 Å². The summed E-state index contributed by atoms with van der Waals surface area (Å²) >= 11 is 18.6. The maximum Gasteiger partial charge on any atom is 0.234 e. The summed E-state index contributed by atoms with van der Waals surface area (Å²) < 4.78 is 2.23. The number of hydrogen-bond acceptors (Lipinski definition) is 4. The minimum atomic E-state index is -0.242. The fourth-order valence-corrected chi connectivity index (χ4v) is 3.66. The van der Waals surface area contributed by atoms with Crippen LogP contribution in [0.5, 0.6) is 0 Å². The standard InChI is InChI=1S/C16H12Cl2N4OS2/c17-11-7-4-8-12(18)14(11)19-13(23)9-25-16-21-20-15(24)22(16)10-5-2-1-3-6-10/h1-8H,9H2,(H,19,23)(H,20,24). The number of nitrogens with zero attached hydrogens (tertiary/aromatic N) is 2. The van der Waals surface area contributed by atoms with Gasteiger partial charge < -0.3 is 5.32 Å². The highest BCUT2D eigenvalue weighted by molar-refractivity contribution is 7.99. The number of carbonyl (C=O) groups excluding carboxylic acids is 1. The second kappa shape index (κ2) is 8.05. The van der Waals surface area contributed by atoms with Crippen LogP contribution in [0, 0.1) is 4.77 Å². The first-order chi connectivity index (χ1) is 12.1. The summed E-state index contributed by atoms with van der Waals surface area (Å²) in [6.45, 7) is 0. The second-order valence-corrected chi connectivity index (χ2v) is 7.06. The summed E-state index contributed by atoms with van der Waals surface area (Å²) in [5.41, 5.74) is 1.27. The number of aromatic nitrogens is 3. The first kappa shape index (κ1) is 18.0. The highest BCUT2D eigenvalue weighted by Crippen LogP contribution is 2.30. The molecule has 0 saturated heterocycles. The van der Waals surface area contributed by atoms with Crippen molar-refractivity contribution in [1.29, 1.82) is 0 Å². The van der Waals surface area contributed by atoms with Gasteiger partial charge >= 0.3 is 0 Å². The molecule has 0 radical (unpaired) electrons. The molecular formula is C16H12Cl2N4OS2. The van der Waals surface area contributed by atoms with Crippen molar-refractivity contribution >= 4 is 58.8 Å². The van der Waals surface area contributed by atoms with Crippen LogP contribution in [-0.4, -0.2) is 26.4 Å². The van der Waals surface area contributed by atoms with E-state index in [-0.39, 0.29) is 11.7 Å². The minimum Gasteiger partial charge on any atom is -0.323 e. The Kier molecular flexibility index (Phi) is 5.80. The number of hydrogen-bond donors (Lipinski definition) is 2. The molecule has 0 spiro atoms. The largest absolute Gasteiger partial charge is 0.323 e. The van der Waals surface area contributed by atoms with E-state index in [4.69, 9.17) is 35.4 Å². The Morgan fingerprint density at radius 1 is 1.16 bits per heavy atom. The van der Waals surface area contributed by atoms with E-state index in [1.54, 1.807) is 22.8 Å². The Balaban J connectivity index is 1.73. The average molecular weight is 411 g/mol. The van der Waals surface area contributed by atoms with E-state index in [0.29, 0.717) is 25.7 Å². The van der Waals surface area contributed by atoms with Crippen molar-refractivity contribution in [1.82, 2.24) is 14.8 Å². The van der Waals surface area contributed by atoms with Gasteiger partial charge in [-0.2, -0.15) is 0 Å². The predicted octanol–water partition coefficient (Wildman–Crippen LogP) is 4.97. The molecule has 0 aliphatic heterocycles. The van der Waals surface area contributed by atoms with Crippen LogP contribution in [0.4, 0.5) is 5.69 Å². The molecule has 0 aliphatic rings. The molecule has 0 saturated carbocycles. The van der Waals surface area contributed by atoms with E-state index < -0.39 is 0 Å². The molecule has 0 atom stereocenters. The normalized spacial score (nSPS) is 10.6. The van der Waals surface area contributed by atoms with Gasteiger partial charge in [-0.05, 0) is 36.5 Å². The molecular weight excluding hydrogens is 399 g/mol. The Hall–Kier alpha value is -1.80. The third-order valence-corrected chi connectivity index (χ3v) is 5.06. The number of anilines is 1. The molecule has 2 N–H and O–H groups in total. The van der Waals surface area contributed by atoms with Gasteiger partial charge in [0.25, 0.3) is 0 Å². The van der Waals surface area contributed by atoms with E-state index in [0.717, 1.165) is 5.69 Å². The van der Waals surface area contributed by atoms with Gasteiger partial charge in [0.1, 0.15) is 0 Å². The number of rotatable bonds is 5. The number of thioether (sulfide) groups is 1. The lowest BCUT2D eigenvalue weighted by atomic mass is 10.3. The lowest BCUT2D eigenvalue weighted by Crippen LogP contribution is -2.15. The van der Waals surface area contributed by atoms with Gasteiger partial charge in [0.2, 0.25) is 10.7 Å². The molecule has 1 heterocycles. The Labute approximate surface area is 163 Å². The molecule has 1 amide bonds. The minimum absolute atomic E-state index is 0.133. The molecule has 3 aromatic rings. The summed E-state index contributed by atoms with van der Waals surface area (Å²) in [6, 6.07) is 14.6. The Morgan fingerprint density at radius 3 is 2.52 bits per heavy atom. The van der Waals surface area contributed by atoms with Crippen LogP contribution in [0.2, 0.25) is 10.0 Å². The van der Waals surface area contributed by atoms with E-state index in [1.807, 2.05) is 30.3 Å². The highest BCUT2D eigenvalue weighted by Gasteiger charge is 2.13. The number of carbonyl (C=O) groups is 1. The zero-order valence-corrected chi connectivity index (χ0v) is 15.8. The van der Waals surface area contributed by atoms with Gasteiger partial charge in [-0.1, -0.05) is 59.2 Å². The van der Waals surface area contributed by atoms with E-state index >= 15 is 0 Å². The zero-order valence-electron chi connectivity index (χ0n) is 12.7. The molecule has 3 rings (SSSR count). The predicted molar refractivity (Wildman–Crippen MR) is 105 cm³/mol. The first-order valence-corrected chi connectivity index (χ1v) is 9.31. The number of nitrogens with one attached hydrogen (secondary N) is 2. The van der Waals surface area contributed by atoms with Gasteiger partial charge in [-0.3, -0.25) is 14.5 Å². The lowest BCUT2D eigenvalue weighted by Gasteiger charge is -2.09. The van der Waals surface area contributed by atoms with Crippen LogP contribution in [0.3, 0.4) is 0 Å². The number of aromatic amines is 1. The number of H-pyrrole nitrogens is 1. The van der Waals surface area contributed by atoms with Crippen molar-refractivity contribution in [3.8, 4) is 5.69 Å². The third-order valence-electron chi connectivity index (χ3n) is 3.22. The van der Waals surface area contributed by atoms with Gasteiger partial charge in [0.05, 0.1) is 27.2 Å². The lowest BCUT2D eigenvalue weighted by molar-refractivity contribution is -0.113. The van der Waals surface area contributed by atoms with Crippen LogP contribution in [0.1, 0.15) is 0 Å². The summed E-state index contributed by atoms with van der Waals surface area (Å²) in [7, 11) is 0.